The van der Waals surface area contributed by atoms with Gasteiger partial charge in [0.15, 0.2) is 0 Å². The number of hydrogen-bond donors (Lipinski definition) is 5. The maximum absolute atomic E-state index is 13.2. The van der Waals surface area contributed by atoms with E-state index < -0.39 is 56.1 Å². The molecule has 0 spiro atoms. The molecule has 0 bridgehead atoms. The maximum Gasteiger partial charge on any atom is 0.338 e. The number of nitrogens with zero attached hydrogens (tertiary/aromatic N) is 1. The third-order valence-corrected chi connectivity index (χ3v) is 11.2. The molecule has 14 heteroatoms. The second-order valence-corrected chi connectivity index (χ2v) is 14.6. The van der Waals surface area contributed by atoms with Gasteiger partial charge in [-0.2, -0.15) is 0 Å². The summed E-state index contributed by atoms with van der Waals surface area (Å²) >= 11 is 0. The molecule has 1 saturated heterocycles. The number of nitrogens with one attached hydrogen (secondary N) is 3. The summed E-state index contributed by atoms with van der Waals surface area (Å²) in [6.07, 6.45) is 4.19. The van der Waals surface area contributed by atoms with Gasteiger partial charge in [0, 0.05) is 42.7 Å². The largest absolute Gasteiger partial charge is 0.465 e. The molecule has 4 aromatic rings. The summed E-state index contributed by atoms with van der Waals surface area (Å²) in [4.78, 5) is 65.2. The molecule has 1 aliphatic rings. The van der Waals surface area contributed by atoms with E-state index in [4.69, 9.17) is 9.47 Å². The van der Waals surface area contributed by atoms with E-state index in [-0.39, 0.29) is 17.9 Å². The quantitative estimate of drug-likeness (QED) is 0.0494. The van der Waals surface area contributed by atoms with Crippen LogP contribution in [-0.2, 0) is 14.3 Å². The summed E-state index contributed by atoms with van der Waals surface area (Å²) in [7, 11) is 0.183. The first-order valence-electron chi connectivity index (χ1n) is 17.4. The molecular formula is C39H43N4O9P. The number of unbranched alkanes of at least 4 members (excludes halogenated alkanes) is 3. The number of amides is 2. The highest BCUT2D eigenvalue weighted by molar-refractivity contribution is 7.80. The minimum atomic E-state index is -1.16. The molecule has 0 radical (unpaired) electrons. The Balaban J connectivity index is 1.09. The number of carbonyl (C=O) groups is 3. The number of methoxy groups -OCH3 is 1. The van der Waals surface area contributed by atoms with Crippen LogP contribution in [0.5, 0.6) is 0 Å². The molecule has 5 rings (SSSR count). The molecule has 1 unspecified atom stereocenters. The highest BCUT2D eigenvalue weighted by Crippen LogP contribution is 2.35. The first kappa shape index (κ1) is 39.0. The molecule has 2 amide bonds. The average molecular weight is 743 g/mol. The number of carbonyl (C=O) groups excluding carboxylic acids is 3. The summed E-state index contributed by atoms with van der Waals surface area (Å²) in [5.41, 5.74) is -0.492. The molecule has 278 valence electrons. The van der Waals surface area contributed by atoms with Crippen LogP contribution in [0.3, 0.4) is 0 Å². The Morgan fingerprint density at radius 3 is 2.19 bits per heavy atom. The summed E-state index contributed by atoms with van der Waals surface area (Å²) in [6.45, 7) is 0.446. The van der Waals surface area contributed by atoms with Gasteiger partial charge in [-0.05, 0) is 55.6 Å². The van der Waals surface area contributed by atoms with Crippen LogP contribution in [0, 0.1) is 0 Å². The van der Waals surface area contributed by atoms with Gasteiger partial charge in [0.25, 0.3) is 11.5 Å². The number of aromatic amines is 1. The lowest BCUT2D eigenvalue weighted by molar-refractivity contribution is -0.116. The predicted molar refractivity (Wildman–Crippen MR) is 202 cm³/mol. The number of aliphatic hydroxyl groups excluding tert-OH is 2. The van der Waals surface area contributed by atoms with Gasteiger partial charge in [-0.15, -0.1) is 0 Å². The molecule has 1 aliphatic heterocycles. The van der Waals surface area contributed by atoms with Crippen molar-refractivity contribution in [1.82, 2.24) is 20.2 Å². The van der Waals surface area contributed by atoms with E-state index in [1.807, 2.05) is 60.7 Å². The van der Waals surface area contributed by atoms with Crippen molar-refractivity contribution in [2.45, 2.75) is 50.5 Å². The number of ether oxygens (including phenoxy) is 2. The van der Waals surface area contributed by atoms with Gasteiger partial charge in [-0.1, -0.05) is 73.5 Å². The minimum absolute atomic E-state index is 0.0520. The van der Waals surface area contributed by atoms with Crippen LogP contribution in [-0.4, -0.2) is 76.6 Å². The highest BCUT2D eigenvalue weighted by Gasteiger charge is 2.35. The summed E-state index contributed by atoms with van der Waals surface area (Å²) in [5, 5.41) is 27.9. The van der Waals surface area contributed by atoms with Gasteiger partial charge in [0.1, 0.15) is 12.3 Å². The van der Waals surface area contributed by atoms with Crippen LogP contribution in [0.15, 0.2) is 101 Å². The molecule has 1 fully saturated rings. The molecule has 13 nitrogen and oxygen atoms in total. The van der Waals surface area contributed by atoms with Crippen molar-refractivity contribution in [2.75, 3.05) is 26.8 Å². The van der Waals surface area contributed by atoms with E-state index in [0.717, 1.165) is 39.7 Å². The van der Waals surface area contributed by atoms with Crippen molar-refractivity contribution in [1.29, 1.82) is 0 Å². The Hall–Kier alpha value is -5.20. The second kappa shape index (κ2) is 19.0. The molecule has 5 N–H and O–H groups in total. The van der Waals surface area contributed by atoms with Crippen molar-refractivity contribution < 1.29 is 34.1 Å². The third-order valence-electron chi connectivity index (χ3n) is 8.73. The third kappa shape index (κ3) is 10.2. The summed E-state index contributed by atoms with van der Waals surface area (Å²) in [6, 6.07) is 24.9. The Labute approximate surface area is 307 Å². The SMILES string of the molecule is COC(=O)c1ccc(C(=O)NCCCCCCNC(=O)/C=C/c2cn([C@H]3CC(O)[C@@H](CO)O3)c(=O)[nH]c2=O)cc1P(c1ccccc1)c1ccccc1. The van der Waals surface area contributed by atoms with Gasteiger partial charge < -0.3 is 30.3 Å². The predicted octanol–water partition coefficient (Wildman–Crippen LogP) is 1.84. The zero-order chi connectivity index (χ0) is 37.7. The minimum Gasteiger partial charge on any atom is -0.465 e. The van der Waals surface area contributed by atoms with Crippen LogP contribution < -0.4 is 37.8 Å². The van der Waals surface area contributed by atoms with Crippen molar-refractivity contribution in [2.24, 2.45) is 0 Å². The van der Waals surface area contributed by atoms with E-state index in [0.29, 0.717) is 30.6 Å². The molecule has 1 aromatic heterocycles. The fourth-order valence-corrected chi connectivity index (χ4v) is 8.42. The lowest BCUT2D eigenvalue weighted by Gasteiger charge is -2.22. The zero-order valence-electron chi connectivity index (χ0n) is 29.3. The van der Waals surface area contributed by atoms with Gasteiger partial charge in [0.05, 0.1) is 30.9 Å². The lowest BCUT2D eigenvalue weighted by Crippen LogP contribution is -2.33. The van der Waals surface area contributed by atoms with Gasteiger partial charge in [0.2, 0.25) is 5.91 Å². The molecule has 3 atom stereocenters. The van der Waals surface area contributed by atoms with E-state index in [1.165, 1.54) is 25.5 Å². The van der Waals surface area contributed by atoms with Crippen LogP contribution in [0.2, 0.25) is 0 Å². The molecule has 0 aliphatic carbocycles. The summed E-state index contributed by atoms with van der Waals surface area (Å²) in [5.74, 6) is -1.12. The smallest absolute Gasteiger partial charge is 0.338 e. The number of benzene rings is 3. The molecule has 53 heavy (non-hydrogen) atoms. The topological polar surface area (TPSA) is 189 Å². The Bertz CT molecular complexity index is 1980. The van der Waals surface area contributed by atoms with Crippen LogP contribution in [0.25, 0.3) is 6.08 Å². The normalized spacial score (nSPS) is 16.9. The van der Waals surface area contributed by atoms with Crippen LogP contribution in [0.1, 0.15) is 64.6 Å². The standard InChI is InChI=1S/C39H43N4O9P/c1-51-38(49)30-18-16-26(22-33(30)53(28-12-6-4-7-13-28)29-14-8-5-9-15-29)36(47)41-21-11-3-2-10-20-40-34(46)19-17-27-24-43(39(50)42-37(27)48)35-23-31(45)32(25-44)52-35/h4-9,12-19,22,24,31-32,35,44-45H,2-3,10-11,20-21,23,25H2,1H3,(H,40,46)(H,41,47)(H,42,48,50)/b19-17+/t31?,32-,35-/m1/s1. The Kier molecular flexibility index (Phi) is 14.0. The number of rotatable bonds is 16. The number of esters is 1. The van der Waals surface area contributed by atoms with Crippen molar-refractivity contribution in [3.63, 3.8) is 0 Å². The van der Waals surface area contributed by atoms with Gasteiger partial charge in [-0.3, -0.25) is 23.9 Å². The van der Waals surface area contributed by atoms with E-state index in [9.17, 15) is 34.2 Å². The summed E-state index contributed by atoms with van der Waals surface area (Å²) < 4.78 is 11.7. The van der Waals surface area contributed by atoms with Crippen LogP contribution in [0.4, 0.5) is 0 Å². The number of aliphatic hydroxyl groups is 2. The van der Waals surface area contributed by atoms with Gasteiger partial charge in [-0.25, -0.2) is 9.59 Å². The van der Waals surface area contributed by atoms with Crippen molar-refractivity contribution in [3.8, 4) is 0 Å². The van der Waals surface area contributed by atoms with Crippen LogP contribution >= 0.6 is 7.92 Å². The number of aromatic nitrogens is 2. The number of H-pyrrole nitrogens is 1. The molecular weight excluding hydrogens is 699 g/mol. The molecule has 0 saturated carbocycles. The van der Waals surface area contributed by atoms with E-state index >= 15 is 0 Å². The van der Waals surface area contributed by atoms with E-state index in [1.54, 1.807) is 18.2 Å². The fourth-order valence-electron chi connectivity index (χ4n) is 5.95. The lowest BCUT2D eigenvalue weighted by atomic mass is 10.1. The number of hydrogen-bond acceptors (Lipinski definition) is 9. The first-order valence-corrected chi connectivity index (χ1v) is 18.7. The highest BCUT2D eigenvalue weighted by atomic mass is 31.1. The monoisotopic (exact) mass is 742 g/mol. The first-order chi connectivity index (χ1) is 25.7. The fraction of sp³-hybridized carbons (Fsp3) is 0.308. The zero-order valence-corrected chi connectivity index (χ0v) is 30.2. The van der Waals surface area contributed by atoms with Gasteiger partial charge >= 0.3 is 11.7 Å². The Morgan fingerprint density at radius 2 is 1.58 bits per heavy atom. The Morgan fingerprint density at radius 1 is 0.943 bits per heavy atom. The molecule has 3 aromatic carbocycles. The van der Waals surface area contributed by atoms with Crippen molar-refractivity contribution >= 4 is 47.7 Å². The average Bonchev–Trinajstić information content (AvgIpc) is 3.55. The van der Waals surface area contributed by atoms with E-state index in [2.05, 4.69) is 15.6 Å². The second-order valence-electron chi connectivity index (χ2n) is 12.4. The maximum atomic E-state index is 13.2. The molecule has 2 heterocycles. The van der Waals surface area contributed by atoms with Crippen molar-refractivity contribution in [3.05, 3.63) is 129 Å².